The number of carbonyl (C=O) groups is 1. The van der Waals surface area contributed by atoms with Crippen LogP contribution >= 0.6 is 0 Å². The quantitative estimate of drug-likeness (QED) is 0.286. The number of hydrogen-bond acceptors (Lipinski definition) is 3. The molecule has 4 nitrogen and oxygen atoms in total. The molecule has 0 saturated carbocycles. The van der Waals surface area contributed by atoms with Crippen LogP contribution in [0.25, 0.3) is 10.9 Å². The monoisotopic (exact) mass is 380 g/mol. The summed E-state index contributed by atoms with van der Waals surface area (Å²) in [4.78, 5) is 18.3. The summed E-state index contributed by atoms with van der Waals surface area (Å²) < 4.78 is 0. The predicted molar refractivity (Wildman–Crippen MR) is 118 cm³/mol. The number of hydrogen-bond donors (Lipinski definition) is 2. The Hall–Kier alpha value is -4.10. The van der Waals surface area contributed by atoms with Crippen LogP contribution in [-0.2, 0) is 4.79 Å². The molecule has 29 heavy (non-hydrogen) atoms. The maximum absolute atomic E-state index is 10.7. The van der Waals surface area contributed by atoms with Gasteiger partial charge in [-0.2, -0.15) is 0 Å². The normalized spacial score (nSPS) is 12.0. The molecule has 0 aliphatic carbocycles. The van der Waals surface area contributed by atoms with Gasteiger partial charge in [-0.25, -0.2) is 4.99 Å². The summed E-state index contributed by atoms with van der Waals surface area (Å²) in [6.45, 7) is 5.67. The van der Waals surface area contributed by atoms with E-state index in [0.717, 1.165) is 10.9 Å². The molecule has 0 aliphatic rings. The van der Waals surface area contributed by atoms with Crippen molar-refractivity contribution >= 4 is 22.9 Å². The number of aldehydes is 1. The van der Waals surface area contributed by atoms with Crippen LogP contribution < -0.4 is 0 Å². The van der Waals surface area contributed by atoms with E-state index in [1.54, 1.807) is 12.1 Å². The van der Waals surface area contributed by atoms with Crippen molar-refractivity contribution in [1.82, 2.24) is 4.98 Å². The van der Waals surface area contributed by atoms with Crippen LogP contribution in [0.1, 0.15) is 23.6 Å². The lowest BCUT2D eigenvalue weighted by Crippen LogP contribution is -2.03. The van der Waals surface area contributed by atoms with Gasteiger partial charge in [-0.05, 0) is 37.1 Å². The fourth-order valence-corrected chi connectivity index (χ4v) is 3.03. The van der Waals surface area contributed by atoms with Crippen molar-refractivity contribution in [2.75, 3.05) is 0 Å². The molecule has 0 amide bonds. The van der Waals surface area contributed by atoms with Gasteiger partial charge in [0.15, 0.2) is 12.2 Å². The molecule has 0 aliphatic heterocycles. The van der Waals surface area contributed by atoms with E-state index in [9.17, 15) is 9.90 Å². The standard InChI is InChI=1S/C25H20N2O2/c1-3-9-20(10-4-2)26-24(19-12-6-5-7-13-19)23-21-15-14-18(11-8-16-28)17-22(21)27-25(23)29/h3-7,9-10,12-17,27,29H,1H2,2H3/b10-4-,20-9+,26-24?. The molecule has 0 unspecified atom stereocenters. The van der Waals surface area contributed by atoms with Crippen LogP contribution in [0.4, 0.5) is 0 Å². The van der Waals surface area contributed by atoms with Gasteiger partial charge in [-0.15, -0.1) is 0 Å². The zero-order valence-corrected chi connectivity index (χ0v) is 16.0. The summed E-state index contributed by atoms with van der Waals surface area (Å²) in [6, 6.07) is 15.1. The molecule has 4 heteroatoms. The maximum Gasteiger partial charge on any atom is 0.199 e. The number of aromatic amines is 1. The number of aromatic nitrogens is 1. The molecular weight excluding hydrogens is 360 g/mol. The Kier molecular flexibility index (Phi) is 6.24. The van der Waals surface area contributed by atoms with Gasteiger partial charge in [0.25, 0.3) is 0 Å². The highest BCUT2D eigenvalue weighted by Crippen LogP contribution is 2.31. The van der Waals surface area contributed by atoms with E-state index < -0.39 is 0 Å². The molecular formula is C25H20N2O2. The van der Waals surface area contributed by atoms with Gasteiger partial charge in [0.1, 0.15) is 0 Å². The van der Waals surface area contributed by atoms with E-state index in [-0.39, 0.29) is 5.88 Å². The molecule has 0 atom stereocenters. The minimum absolute atomic E-state index is 0.0153. The average molecular weight is 380 g/mol. The topological polar surface area (TPSA) is 65.5 Å². The number of benzene rings is 2. The summed E-state index contributed by atoms with van der Waals surface area (Å²) in [5.74, 6) is 5.18. The number of H-pyrrole nitrogens is 1. The zero-order chi connectivity index (χ0) is 20.6. The molecule has 0 saturated heterocycles. The SMILES string of the molecule is C=C/C=C(\C=C/C)N=C(c1ccccc1)c1c(O)[nH]c2cc(C#CC=O)ccc12. The second kappa shape index (κ2) is 9.20. The smallest absolute Gasteiger partial charge is 0.199 e. The first kappa shape index (κ1) is 19.7. The molecule has 3 aromatic rings. The van der Waals surface area contributed by atoms with Crippen LogP contribution in [0.2, 0.25) is 0 Å². The summed E-state index contributed by atoms with van der Waals surface area (Å²) in [6.07, 6.45) is 7.81. The summed E-state index contributed by atoms with van der Waals surface area (Å²) in [5.41, 5.74) is 4.19. The first-order valence-corrected chi connectivity index (χ1v) is 9.07. The van der Waals surface area contributed by atoms with Gasteiger partial charge in [-0.1, -0.05) is 61.0 Å². The fourth-order valence-electron chi connectivity index (χ4n) is 3.03. The molecule has 142 valence electrons. The number of nitrogens with one attached hydrogen (secondary N) is 1. The van der Waals surface area contributed by atoms with E-state index in [2.05, 4.69) is 23.4 Å². The van der Waals surface area contributed by atoms with Crippen molar-refractivity contribution in [3.63, 3.8) is 0 Å². The fraction of sp³-hybridized carbons (Fsp3) is 0.0400. The van der Waals surface area contributed by atoms with Gasteiger partial charge in [0.05, 0.1) is 22.5 Å². The van der Waals surface area contributed by atoms with Crippen molar-refractivity contribution in [3.8, 4) is 17.7 Å². The molecule has 3 rings (SSSR count). The first-order chi connectivity index (χ1) is 14.2. The number of rotatable bonds is 5. The Morgan fingerprint density at radius 3 is 2.69 bits per heavy atom. The van der Waals surface area contributed by atoms with Crippen LogP contribution in [-0.4, -0.2) is 22.1 Å². The molecule has 0 radical (unpaired) electrons. The second-order valence-electron chi connectivity index (χ2n) is 6.15. The first-order valence-electron chi connectivity index (χ1n) is 9.07. The molecule has 2 aromatic carbocycles. The van der Waals surface area contributed by atoms with Crippen LogP contribution in [0.3, 0.4) is 0 Å². The van der Waals surface area contributed by atoms with Crippen LogP contribution in [0, 0.1) is 11.8 Å². The molecule has 1 heterocycles. The number of allylic oxidation sites excluding steroid dienone is 4. The van der Waals surface area contributed by atoms with Crippen LogP contribution in [0.15, 0.2) is 90.1 Å². The van der Waals surface area contributed by atoms with Gasteiger partial charge >= 0.3 is 0 Å². The summed E-state index contributed by atoms with van der Waals surface area (Å²) in [7, 11) is 0. The molecule has 2 N–H and O–H groups in total. The van der Waals surface area contributed by atoms with Gasteiger partial charge < -0.3 is 10.1 Å². The van der Waals surface area contributed by atoms with E-state index >= 15 is 0 Å². The number of fused-ring (bicyclic) bond motifs is 1. The van der Waals surface area contributed by atoms with E-state index in [0.29, 0.717) is 34.3 Å². The molecule has 1 aromatic heterocycles. The Balaban J connectivity index is 2.27. The third-order valence-corrected chi connectivity index (χ3v) is 4.21. The number of aliphatic imine (C=N–C) groups is 1. The zero-order valence-electron chi connectivity index (χ0n) is 16.0. The highest BCUT2D eigenvalue weighted by Gasteiger charge is 2.18. The van der Waals surface area contributed by atoms with Crippen molar-refractivity contribution in [1.29, 1.82) is 0 Å². The highest BCUT2D eigenvalue weighted by atomic mass is 16.3. The minimum Gasteiger partial charge on any atom is -0.494 e. The number of carbonyl (C=O) groups excluding carboxylic acids is 1. The van der Waals surface area contributed by atoms with E-state index in [4.69, 9.17) is 4.99 Å². The van der Waals surface area contributed by atoms with E-state index in [1.807, 2.05) is 67.6 Å². The largest absolute Gasteiger partial charge is 0.494 e. The Morgan fingerprint density at radius 2 is 2.00 bits per heavy atom. The minimum atomic E-state index is 0.0153. The molecule has 0 fully saturated rings. The predicted octanol–water partition coefficient (Wildman–Crippen LogP) is 4.91. The number of nitrogens with zero attached hydrogens (tertiary/aromatic N) is 1. The number of aromatic hydroxyl groups is 1. The summed E-state index contributed by atoms with van der Waals surface area (Å²) in [5, 5.41) is 11.5. The van der Waals surface area contributed by atoms with Gasteiger partial charge in [-0.3, -0.25) is 4.79 Å². The third kappa shape index (κ3) is 4.42. The Bertz CT molecular complexity index is 1200. The molecule has 0 spiro atoms. The maximum atomic E-state index is 10.7. The lowest BCUT2D eigenvalue weighted by molar-refractivity contribution is -0.103. The second-order valence-corrected chi connectivity index (χ2v) is 6.15. The lowest BCUT2D eigenvalue weighted by atomic mass is 10.00. The average Bonchev–Trinajstić information content (AvgIpc) is 3.06. The van der Waals surface area contributed by atoms with Crippen molar-refractivity contribution in [3.05, 3.63) is 102 Å². The molecule has 0 bridgehead atoms. The summed E-state index contributed by atoms with van der Waals surface area (Å²) >= 11 is 0. The lowest BCUT2D eigenvalue weighted by Gasteiger charge is -2.08. The van der Waals surface area contributed by atoms with Gasteiger partial charge in [0.2, 0.25) is 0 Å². The Morgan fingerprint density at radius 1 is 1.21 bits per heavy atom. The van der Waals surface area contributed by atoms with Crippen molar-refractivity contribution in [2.24, 2.45) is 4.99 Å². The highest BCUT2D eigenvalue weighted by molar-refractivity contribution is 6.21. The van der Waals surface area contributed by atoms with Crippen LogP contribution in [0.5, 0.6) is 5.88 Å². The van der Waals surface area contributed by atoms with E-state index in [1.165, 1.54) is 0 Å². The van der Waals surface area contributed by atoms with Crippen molar-refractivity contribution < 1.29 is 9.90 Å². The van der Waals surface area contributed by atoms with Crippen molar-refractivity contribution in [2.45, 2.75) is 6.92 Å². The Labute approximate surface area is 169 Å². The van der Waals surface area contributed by atoms with Gasteiger partial charge in [0, 0.05) is 16.5 Å². The third-order valence-electron chi connectivity index (χ3n) is 4.21.